The summed E-state index contributed by atoms with van der Waals surface area (Å²) in [5.74, 6) is 0.109. The molecule has 0 radical (unpaired) electrons. The second kappa shape index (κ2) is 8.93. The molecule has 0 atom stereocenters. The largest absolute Gasteiger partial charge is 0.495 e. The molecule has 0 aliphatic carbocycles. The summed E-state index contributed by atoms with van der Waals surface area (Å²) in [6.07, 6.45) is 0. The Bertz CT molecular complexity index is 1350. The number of benzene rings is 2. The molecule has 2 aromatic carbocycles. The summed E-state index contributed by atoms with van der Waals surface area (Å²) in [5, 5.41) is 0.342. The van der Waals surface area contributed by atoms with E-state index in [1.54, 1.807) is 52.3 Å². The monoisotopic (exact) mass is 450 g/mol. The summed E-state index contributed by atoms with van der Waals surface area (Å²) >= 11 is 0. The Labute approximate surface area is 190 Å². The first kappa shape index (κ1) is 22.3. The second-order valence-electron chi connectivity index (χ2n) is 8.09. The van der Waals surface area contributed by atoms with E-state index in [2.05, 4.69) is 0 Å². The van der Waals surface area contributed by atoms with Crippen LogP contribution in [-0.4, -0.2) is 64.0 Å². The average molecular weight is 450 g/mol. The number of fused-ring (bicyclic) bond motifs is 1. The number of hydrogen-bond donors (Lipinski definition) is 0. The molecule has 3 aromatic rings. The van der Waals surface area contributed by atoms with Crippen molar-refractivity contribution in [2.45, 2.75) is 20.4 Å². The van der Waals surface area contributed by atoms with E-state index in [9.17, 15) is 19.2 Å². The normalized spacial score (nSPS) is 13.9. The lowest BCUT2D eigenvalue weighted by atomic mass is 10.1. The quantitative estimate of drug-likeness (QED) is 0.595. The minimum atomic E-state index is -0.614. The molecule has 1 aliphatic rings. The minimum Gasteiger partial charge on any atom is -0.495 e. The summed E-state index contributed by atoms with van der Waals surface area (Å²) in [4.78, 5) is 55.0. The molecule has 1 aromatic heterocycles. The van der Waals surface area contributed by atoms with Gasteiger partial charge in [0.1, 0.15) is 12.3 Å². The van der Waals surface area contributed by atoms with Gasteiger partial charge in [-0.25, -0.2) is 9.36 Å². The van der Waals surface area contributed by atoms with Crippen LogP contribution in [0.1, 0.15) is 12.5 Å². The summed E-state index contributed by atoms with van der Waals surface area (Å²) in [6, 6.07) is 12.0. The molecule has 1 aliphatic heterocycles. The number of aryl methyl sites for hydroxylation is 1. The van der Waals surface area contributed by atoms with E-state index in [0.717, 1.165) is 10.1 Å². The van der Waals surface area contributed by atoms with Crippen LogP contribution in [0.5, 0.6) is 5.75 Å². The first-order valence-corrected chi connectivity index (χ1v) is 10.7. The van der Waals surface area contributed by atoms with Crippen molar-refractivity contribution in [3.05, 3.63) is 68.9 Å². The van der Waals surface area contributed by atoms with Crippen molar-refractivity contribution in [2.24, 2.45) is 0 Å². The Morgan fingerprint density at radius 2 is 1.64 bits per heavy atom. The van der Waals surface area contributed by atoms with Crippen molar-refractivity contribution >= 4 is 22.7 Å². The molecule has 0 saturated carbocycles. The lowest BCUT2D eigenvalue weighted by molar-refractivity contribution is -0.138. The third kappa shape index (κ3) is 4.13. The van der Waals surface area contributed by atoms with E-state index in [-0.39, 0.29) is 18.4 Å². The van der Waals surface area contributed by atoms with Crippen LogP contribution < -0.4 is 16.0 Å². The van der Waals surface area contributed by atoms with Crippen molar-refractivity contribution in [3.8, 4) is 11.4 Å². The van der Waals surface area contributed by atoms with Gasteiger partial charge in [0, 0.05) is 33.1 Å². The highest BCUT2D eigenvalue weighted by molar-refractivity contribution is 5.83. The van der Waals surface area contributed by atoms with E-state index >= 15 is 0 Å². The standard InChI is InChI=1S/C24H26N4O5/c1-16-8-9-19-18(14-16)23(31)28(20-6-4-5-7-21(20)33-3)24(32)27(19)15-22(30)26-12-10-25(11-13-26)17(2)29/h4-9,14H,10-13,15H2,1-3H3. The number of piperazine rings is 1. The topological polar surface area (TPSA) is 93.8 Å². The van der Waals surface area contributed by atoms with Crippen molar-refractivity contribution in [2.75, 3.05) is 33.3 Å². The van der Waals surface area contributed by atoms with Gasteiger partial charge in [-0.1, -0.05) is 23.8 Å². The first-order chi connectivity index (χ1) is 15.8. The molecule has 0 N–H and O–H groups in total. The van der Waals surface area contributed by atoms with E-state index in [4.69, 9.17) is 4.74 Å². The fourth-order valence-corrected chi connectivity index (χ4v) is 4.17. The number of para-hydroxylation sites is 2. The van der Waals surface area contributed by atoms with E-state index < -0.39 is 11.2 Å². The van der Waals surface area contributed by atoms with Crippen LogP contribution in [0.4, 0.5) is 0 Å². The van der Waals surface area contributed by atoms with Gasteiger partial charge < -0.3 is 14.5 Å². The lowest BCUT2D eigenvalue weighted by Crippen LogP contribution is -2.51. The minimum absolute atomic E-state index is 0.0245. The molecule has 9 heteroatoms. The lowest BCUT2D eigenvalue weighted by Gasteiger charge is -2.34. The number of amides is 2. The molecule has 33 heavy (non-hydrogen) atoms. The summed E-state index contributed by atoms with van der Waals surface area (Å²) in [6.45, 7) is 4.86. The third-order valence-corrected chi connectivity index (χ3v) is 6.00. The molecule has 2 heterocycles. The Morgan fingerprint density at radius 1 is 0.970 bits per heavy atom. The number of nitrogens with zero attached hydrogens (tertiary/aromatic N) is 4. The van der Waals surface area contributed by atoms with Crippen LogP contribution in [0.3, 0.4) is 0 Å². The van der Waals surface area contributed by atoms with Gasteiger partial charge in [0.25, 0.3) is 5.56 Å². The number of hydrogen-bond acceptors (Lipinski definition) is 5. The molecule has 0 unspecified atom stereocenters. The van der Waals surface area contributed by atoms with Crippen molar-refractivity contribution in [1.29, 1.82) is 0 Å². The van der Waals surface area contributed by atoms with E-state index in [0.29, 0.717) is 48.5 Å². The Kier molecular flexibility index (Phi) is 6.04. The fourth-order valence-electron chi connectivity index (χ4n) is 4.17. The maximum Gasteiger partial charge on any atom is 0.336 e. The molecule has 1 fully saturated rings. The Morgan fingerprint density at radius 3 is 2.30 bits per heavy atom. The average Bonchev–Trinajstić information content (AvgIpc) is 2.82. The molecule has 0 bridgehead atoms. The fraction of sp³-hybridized carbons (Fsp3) is 0.333. The highest BCUT2D eigenvalue weighted by Gasteiger charge is 2.24. The molecule has 1 saturated heterocycles. The van der Waals surface area contributed by atoms with Crippen LogP contribution in [0, 0.1) is 6.92 Å². The summed E-state index contributed by atoms with van der Waals surface area (Å²) in [7, 11) is 1.47. The van der Waals surface area contributed by atoms with Crippen molar-refractivity contribution in [1.82, 2.24) is 18.9 Å². The summed E-state index contributed by atoms with van der Waals surface area (Å²) in [5.41, 5.74) is 0.494. The van der Waals surface area contributed by atoms with E-state index in [1.807, 2.05) is 6.92 Å². The van der Waals surface area contributed by atoms with Crippen molar-refractivity contribution in [3.63, 3.8) is 0 Å². The number of rotatable bonds is 4. The number of methoxy groups -OCH3 is 1. The van der Waals surface area contributed by atoms with Crippen LogP contribution in [-0.2, 0) is 16.1 Å². The smallest absolute Gasteiger partial charge is 0.336 e. The van der Waals surface area contributed by atoms with Gasteiger partial charge in [0.05, 0.1) is 23.7 Å². The maximum atomic E-state index is 13.6. The van der Waals surface area contributed by atoms with Gasteiger partial charge in [0.2, 0.25) is 11.8 Å². The second-order valence-corrected chi connectivity index (χ2v) is 8.09. The number of carbonyl (C=O) groups excluding carboxylic acids is 2. The van der Waals surface area contributed by atoms with Gasteiger partial charge >= 0.3 is 5.69 Å². The zero-order valence-corrected chi connectivity index (χ0v) is 18.9. The van der Waals surface area contributed by atoms with Gasteiger partial charge in [-0.3, -0.25) is 19.0 Å². The molecule has 172 valence electrons. The molecular formula is C24H26N4O5. The van der Waals surface area contributed by atoms with Gasteiger partial charge in [0.15, 0.2) is 0 Å². The highest BCUT2D eigenvalue weighted by atomic mass is 16.5. The SMILES string of the molecule is COc1ccccc1-n1c(=O)c2cc(C)ccc2n(CC(=O)N2CCN(C(C)=O)CC2)c1=O. The van der Waals surface area contributed by atoms with Gasteiger partial charge in [-0.05, 0) is 31.2 Å². The highest BCUT2D eigenvalue weighted by Crippen LogP contribution is 2.21. The third-order valence-electron chi connectivity index (χ3n) is 6.00. The molecule has 2 amide bonds. The van der Waals surface area contributed by atoms with Gasteiger partial charge in [-0.15, -0.1) is 0 Å². The van der Waals surface area contributed by atoms with E-state index in [1.165, 1.54) is 18.6 Å². The number of carbonyl (C=O) groups is 2. The zero-order valence-electron chi connectivity index (χ0n) is 18.9. The number of aromatic nitrogens is 2. The molecule has 0 spiro atoms. The maximum absolute atomic E-state index is 13.6. The Hall–Kier alpha value is -3.88. The molecule has 9 nitrogen and oxygen atoms in total. The first-order valence-electron chi connectivity index (χ1n) is 10.7. The van der Waals surface area contributed by atoms with Gasteiger partial charge in [-0.2, -0.15) is 0 Å². The van der Waals surface area contributed by atoms with Crippen LogP contribution in [0.15, 0.2) is 52.1 Å². The molecule has 4 rings (SSSR count). The van der Waals surface area contributed by atoms with Crippen LogP contribution in [0.2, 0.25) is 0 Å². The predicted octanol–water partition coefficient (Wildman–Crippen LogP) is 1.16. The molecular weight excluding hydrogens is 424 g/mol. The Balaban J connectivity index is 1.81. The predicted molar refractivity (Wildman–Crippen MR) is 124 cm³/mol. The summed E-state index contributed by atoms with van der Waals surface area (Å²) < 4.78 is 7.77. The van der Waals surface area contributed by atoms with Crippen LogP contribution in [0.25, 0.3) is 16.6 Å². The van der Waals surface area contributed by atoms with Crippen LogP contribution >= 0.6 is 0 Å². The van der Waals surface area contributed by atoms with Crippen molar-refractivity contribution < 1.29 is 14.3 Å². The zero-order chi connectivity index (χ0) is 23.7. The number of ether oxygens (including phenoxy) is 1.